The number of fused-ring (bicyclic) bond motifs is 1. The summed E-state index contributed by atoms with van der Waals surface area (Å²) in [6, 6.07) is 23.8. The van der Waals surface area contributed by atoms with Gasteiger partial charge in [0.2, 0.25) is 12.3 Å². The summed E-state index contributed by atoms with van der Waals surface area (Å²) in [5, 5.41) is 21.4. The Hall–Kier alpha value is -4.27. The first-order valence-electron chi connectivity index (χ1n) is 14.0. The van der Waals surface area contributed by atoms with Gasteiger partial charge < -0.3 is 20.0 Å². The largest absolute Gasteiger partial charge is 0.394 e. The van der Waals surface area contributed by atoms with E-state index in [0.717, 1.165) is 30.5 Å². The van der Waals surface area contributed by atoms with Crippen LogP contribution in [0.15, 0.2) is 91.0 Å². The minimum Gasteiger partial charge on any atom is -0.394 e. The second-order valence-electron chi connectivity index (χ2n) is 10.6. The molecule has 0 aromatic heterocycles. The van der Waals surface area contributed by atoms with Gasteiger partial charge in [0.25, 0.3) is 5.91 Å². The second-order valence-corrected chi connectivity index (χ2v) is 10.6. The van der Waals surface area contributed by atoms with Crippen molar-refractivity contribution in [3.63, 3.8) is 0 Å². The Morgan fingerprint density at radius 2 is 1.73 bits per heavy atom. The molecule has 0 spiro atoms. The summed E-state index contributed by atoms with van der Waals surface area (Å²) in [6.45, 7) is 2.62. The van der Waals surface area contributed by atoms with Crippen LogP contribution in [0.3, 0.4) is 0 Å². The molecule has 2 aliphatic rings. The lowest BCUT2D eigenvalue weighted by Gasteiger charge is -2.28. The molecule has 0 bridgehead atoms. The van der Waals surface area contributed by atoms with Crippen molar-refractivity contribution in [1.29, 1.82) is 0 Å². The number of hydrogen-bond acceptors (Lipinski definition) is 5. The van der Waals surface area contributed by atoms with Gasteiger partial charge in [0.05, 0.1) is 24.9 Å². The van der Waals surface area contributed by atoms with Crippen LogP contribution in [-0.4, -0.2) is 52.5 Å². The van der Waals surface area contributed by atoms with Gasteiger partial charge in [-0.25, -0.2) is 0 Å². The molecule has 2 heterocycles. The van der Waals surface area contributed by atoms with Crippen LogP contribution in [0.4, 0.5) is 17.1 Å². The molecule has 0 aliphatic carbocycles. The van der Waals surface area contributed by atoms with E-state index in [1.165, 1.54) is 0 Å². The number of nitrogens with zero attached hydrogens (tertiary/aromatic N) is 3. The van der Waals surface area contributed by atoms with Crippen molar-refractivity contribution >= 4 is 35.3 Å². The number of carbonyl (C=O) groups excluding carboxylic acids is 3. The summed E-state index contributed by atoms with van der Waals surface area (Å²) in [5.74, 6) is -1.08. The molecule has 212 valence electrons. The van der Waals surface area contributed by atoms with E-state index >= 15 is 0 Å². The zero-order valence-electron chi connectivity index (χ0n) is 23.1. The normalized spacial score (nSPS) is 20.9. The molecular formula is C33H35N3O5. The molecule has 0 radical (unpaired) electrons. The number of aliphatic hydroxyl groups excluding tert-OH is 1. The molecule has 8 nitrogen and oxygen atoms in total. The molecule has 0 unspecified atom stereocenters. The van der Waals surface area contributed by atoms with Crippen LogP contribution in [0.2, 0.25) is 0 Å². The minimum absolute atomic E-state index is 0.0438. The van der Waals surface area contributed by atoms with Crippen LogP contribution >= 0.6 is 0 Å². The fraction of sp³-hybridized carbons (Fsp3) is 0.303. The van der Waals surface area contributed by atoms with Gasteiger partial charge in [0.1, 0.15) is 0 Å². The average molecular weight is 554 g/mol. The van der Waals surface area contributed by atoms with Crippen LogP contribution in [0.25, 0.3) is 0 Å². The van der Waals surface area contributed by atoms with E-state index in [0.29, 0.717) is 23.5 Å². The minimum atomic E-state index is -1.78. The Labute approximate surface area is 240 Å². The molecular weight excluding hydrogens is 518 g/mol. The Kier molecular flexibility index (Phi) is 8.33. The molecule has 1 fully saturated rings. The number of carbonyl (C=O) groups is 3. The average Bonchev–Trinajstić information content (AvgIpc) is 3.57. The van der Waals surface area contributed by atoms with Crippen molar-refractivity contribution < 1.29 is 24.6 Å². The number of aliphatic hydroxyl groups is 2. The maximum absolute atomic E-state index is 13.8. The van der Waals surface area contributed by atoms with E-state index in [1.807, 2.05) is 66.7 Å². The molecule has 1 saturated heterocycles. The Morgan fingerprint density at radius 3 is 2.44 bits per heavy atom. The van der Waals surface area contributed by atoms with Gasteiger partial charge >= 0.3 is 0 Å². The first-order chi connectivity index (χ1) is 19.9. The topological polar surface area (TPSA) is 101 Å². The molecule has 3 amide bonds. The fourth-order valence-corrected chi connectivity index (χ4v) is 5.85. The van der Waals surface area contributed by atoms with Gasteiger partial charge in [-0.3, -0.25) is 19.3 Å². The predicted octanol–water partition coefficient (Wildman–Crippen LogP) is 4.28. The lowest BCUT2D eigenvalue weighted by atomic mass is 9.83. The highest BCUT2D eigenvalue weighted by atomic mass is 16.3. The number of anilines is 3. The summed E-state index contributed by atoms with van der Waals surface area (Å²) in [5.41, 5.74) is 1.69. The number of rotatable bonds is 10. The van der Waals surface area contributed by atoms with Gasteiger partial charge in [-0.1, -0.05) is 67.6 Å². The van der Waals surface area contributed by atoms with Crippen LogP contribution < -0.4 is 9.80 Å². The molecule has 8 heteroatoms. The lowest BCUT2D eigenvalue weighted by molar-refractivity contribution is -0.139. The van der Waals surface area contributed by atoms with Crippen LogP contribution in [-0.2, 0) is 26.5 Å². The summed E-state index contributed by atoms with van der Waals surface area (Å²) in [6.07, 6.45) is 6.03. The molecule has 2 aliphatic heterocycles. The molecule has 5 rings (SSSR count). The zero-order chi connectivity index (χ0) is 29.0. The number of amides is 3. The van der Waals surface area contributed by atoms with Gasteiger partial charge in [0, 0.05) is 35.8 Å². The molecule has 3 aromatic carbocycles. The van der Waals surface area contributed by atoms with E-state index in [1.54, 1.807) is 45.9 Å². The van der Waals surface area contributed by atoms with Crippen LogP contribution in [0, 0.1) is 5.92 Å². The van der Waals surface area contributed by atoms with E-state index in [-0.39, 0.29) is 31.5 Å². The van der Waals surface area contributed by atoms with Crippen molar-refractivity contribution in [1.82, 2.24) is 4.90 Å². The molecule has 0 saturated carbocycles. The Balaban J connectivity index is 1.32. The first-order valence-corrected chi connectivity index (χ1v) is 14.0. The van der Waals surface area contributed by atoms with Crippen molar-refractivity contribution in [3.05, 3.63) is 102 Å². The smallest absolute Gasteiger partial charge is 0.264 e. The molecule has 3 atom stereocenters. The third-order valence-corrected chi connectivity index (χ3v) is 8.16. The highest BCUT2D eigenvalue weighted by molar-refractivity contribution is 6.07. The summed E-state index contributed by atoms with van der Waals surface area (Å²) in [4.78, 5) is 43.1. The van der Waals surface area contributed by atoms with Gasteiger partial charge in [-0.2, -0.15) is 0 Å². The summed E-state index contributed by atoms with van der Waals surface area (Å²) < 4.78 is 0. The molecule has 41 heavy (non-hydrogen) atoms. The molecule has 2 N–H and O–H groups in total. The maximum Gasteiger partial charge on any atom is 0.264 e. The third-order valence-electron chi connectivity index (χ3n) is 8.16. The van der Waals surface area contributed by atoms with Crippen molar-refractivity contribution in [2.45, 2.75) is 44.4 Å². The molecule has 3 aromatic rings. The highest BCUT2D eigenvalue weighted by Gasteiger charge is 2.52. The monoisotopic (exact) mass is 553 g/mol. The number of likely N-dealkylation sites (tertiary alicyclic amines) is 1. The zero-order valence-corrected chi connectivity index (χ0v) is 23.1. The quantitative estimate of drug-likeness (QED) is 0.288. The van der Waals surface area contributed by atoms with Gasteiger partial charge in [-0.15, -0.1) is 0 Å². The number of para-hydroxylation sites is 2. The lowest BCUT2D eigenvalue weighted by Crippen LogP contribution is -2.44. The van der Waals surface area contributed by atoms with E-state index in [9.17, 15) is 24.6 Å². The van der Waals surface area contributed by atoms with Gasteiger partial charge in [-0.05, 0) is 48.7 Å². The summed E-state index contributed by atoms with van der Waals surface area (Å²) in [7, 11) is 0. The summed E-state index contributed by atoms with van der Waals surface area (Å²) >= 11 is 0. The first kappa shape index (κ1) is 28.3. The van der Waals surface area contributed by atoms with Crippen molar-refractivity contribution in [2.75, 3.05) is 23.0 Å². The second kappa shape index (κ2) is 12.1. The number of benzene rings is 3. The van der Waals surface area contributed by atoms with Crippen molar-refractivity contribution in [2.24, 2.45) is 5.92 Å². The fourth-order valence-electron chi connectivity index (χ4n) is 5.85. The Morgan fingerprint density at radius 1 is 1.05 bits per heavy atom. The van der Waals surface area contributed by atoms with E-state index in [2.05, 4.69) is 0 Å². The maximum atomic E-state index is 13.8. The SMILES string of the molecule is C[C@H](/C=C/CC(=O)N1CCC[C@H]1CO)[C@@]1(O)C(=O)N(Cc2ccc(N(C=O)c3ccccc3)cc2)c2ccccc21. The van der Waals surface area contributed by atoms with E-state index in [4.69, 9.17) is 0 Å². The Bertz CT molecular complexity index is 1420. The predicted molar refractivity (Wildman–Crippen MR) is 157 cm³/mol. The standard InChI is InChI=1S/C33H35N3O5/c1-24(9-7-15-31(39)34-20-8-12-28(34)22-37)33(41)29-13-5-6-14-30(29)35(32(33)40)21-25-16-18-27(19-17-25)36(23-38)26-10-3-2-4-11-26/h2-7,9-11,13-14,16-19,23-24,28,37,41H,8,12,15,20-22H2,1H3/b9-7+/t24-,28+,33+/m1/s1. The van der Waals surface area contributed by atoms with Gasteiger partial charge in [0.15, 0.2) is 5.60 Å². The van der Waals surface area contributed by atoms with Crippen LogP contribution in [0.1, 0.15) is 37.3 Å². The van der Waals surface area contributed by atoms with Crippen molar-refractivity contribution in [3.8, 4) is 0 Å². The van der Waals surface area contributed by atoms with Crippen LogP contribution in [0.5, 0.6) is 0 Å². The third kappa shape index (κ3) is 5.40. The number of hydrogen-bond donors (Lipinski definition) is 2. The van der Waals surface area contributed by atoms with E-state index < -0.39 is 17.4 Å². The highest BCUT2D eigenvalue weighted by Crippen LogP contribution is 2.45.